The molecule has 1 saturated heterocycles. The Balaban J connectivity index is 1.58. The molecule has 3 aromatic rings. The lowest BCUT2D eigenvalue weighted by Gasteiger charge is -2.32. The summed E-state index contributed by atoms with van der Waals surface area (Å²) in [5.74, 6) is 0.991. The van der Waals surface area contributed by atoms with Crippen LogP contribution in [0.5, 0.6) is 0 Å². The van der Waals surface area contributed by atoms with E-state index in [1.54, 1.807) is 11.1 Å². The van der Waals surface area contributed by atoms with Gasteiger partial charge in [0.2, 0.25) is 11.9 Å². The number of H-pyrrole nitrogens is 1. The van der Waals surface area contributed by atoms with Gasteiger partial charge in [0.05, 0.1) is 17.8 Å². The normalized spacial score (nSPS) is 17.2. The van der Waals surface area contributed by atoms with E-state index in [1.807, 2.05) is 0 Å². The molecule has 26 heavy (non-hydrogen) atoms. The van der Waals surface area contributed by atoms with Crippen LogP contribution in [0.25, 0.3) is 11.0 Å². The van der Waals surface area contributed by atoms with E-state index >= 15 is 0 Å². The predicted octanol–water partition coefficient (Wildman–Crippen LogP) is 1.67. The van der Waals surface area contributed by atoms with Gasteiger partial charge in [-0.15, -0.1) is 0 Å². The lowest BCUT2D eigenvalue weighted by atomic mass is 10.1. The molecule has 134 valence electrons. The zero-order chi connectivity index (χ0) is 17.9. The van der Waals surface area contributed by atoms with Gasteiger partial charge in [0.15, 0.2) is 5.65 Å². The molecule has 1 aliphatic heterocycles. The Hall–Kier alpha value is -3.43. The number of fused-ring (bicyclic) bond motifs is 1. The summed E-state index contributed by atoms with van der Waals surface area (Å²) in [6.45, 7) is 4.90. The number of amides is 1. The first kappa shape index (κ1) is 16.1. The Morgan fingerprint density at radius 1 is 1.42 bits per heavy atom. The van der Waals surface area contributed by atoms with E-state index in [1.165, 1.54) is 18.5 Å². The van der Waals surface area contributed by atoms with Gasteiger partial charge in [0.1, 0.15) is 17.8 Å². The van der Waals surface area contributed by atoms with Crippen LogP contribution in [0, 0.1) is 0 Å². The molecule has 1 aliphatic rings. The molecule has 0 saturated carbocycles. The van der Waals surface area contributed by atoms with Gasteiger partial charge in [0, 0.05) is 19.1 Å². The van der Waals surface area contributed by atoms with Crippen LogP contribution in [0.2, 0.25) is 0 Å². The molecule has 3 aromatic heterocycles. The van der Waals surface area contributed by atoms with Crippen molar-refractivity contribution in [2.75, 3.05) is 23.7 Å². The SMILES string of the molecule is C=CC(=O)N1CCC[C@@H](Nc2nc(Nc3cnoc3)nc3[nH]ncc23)C1. The van der Waals surface area contributed by atoms with Crippen LogP contribution < -0.4 is 10.6 Å². The summed E-state index contributed by atoms with van der Waals surface area (Å²) in [5.41, 5.74) is 1.26. The van der Waals surface area contributed by atoms with Crippen molar-refractivity contribution in [1.82, 2.24) is 30.2 Å². The molecule has 10 nitrogen and oxygen atoms in total. The van der Waals surface area contributed by atoms with E-state index in [4.69, 9.17) is 4.52 Å². The van der Waals surface area contributed by atoms with Crippen molar-refractivity contribution in [3.63, 3.8) is 0 Å². The van der Waals surface area contributed by atoms with E-state index < -0.39 is 0 Å². The smallest absolute Gasteiger partial charge is 0.246 e. The summed E-state index contributed by atoms with van der Waals surface area (Å²) in [4.78, 5) is 22.6. The lowest BCUT2D eigenvalue weighted by Crippen LogP contribution is -2.44. The second kappa shape index (κ2) is 6.82. The maximum Gasteiger partial charge on any atom is 0.246 e. The molecule has 0 spiro atoms. The number of hydrogen-bond acceptors (Lipinski definition) is 8. The van der Waals surface area contributed by atoms with Crippen LogP contribution in [-0.4, -0.2) is 55.3 Å². The highest BCUT2D eigenvalue weighted by molar-refractivity contribution is 5.88. The van der Waals surface area contributed by atoms with E-state index in [9.17, 15) is 4.79 Å². The number of aromatic amines is 1. The van der Waals surface area contributed by atoms with Crippen LogP contribution in [0.3, 0.4) is 0 Å². The number of nitrogens with zero attached hydrogens (tertiary/aromatic N) is 5. The molecular weight excluding hydrogens is 336 g/mol. The van der Waals surface area contributed by atoms with Crippen LogP contribution >= 0.6 is 0 Å². The highest BCUT2D eigenvalue weighted by Gasteiger charge is 2.23. The molecule has 1 atom stereocenters. The molecule has 0 bridgehead atoms. The first-order valence-corrected chi connectivity index (χ1v) is 8.28. The lowest BCUT2D eigenvalue weighted by molar-refractivity contribution is -0.127. The molecule has 0 aromatic carbocycles. The Morgan fingerprint density at radius 2 is 2.35 bits per heavy atom. The van der Waals surface area contributed by atoms with E-state index in [-0.39, 0.29) is 11.9 Å². The summed E-state index contributed by atoms with van der Waals surface area (Å²) in [6.07, 6.45) is 7.89. The van der Waals surface area contributed by atoms with Crippen LogP contribution in [0.15, 0.2) is 35.8 Å². The predicted molar refractivity (Wildman–Crippen MR) is 94.9 cm³/mol. The van der Waals surface area contributed by atoms with Crippen LogP contribution in [-0.2, 0) is 4.79 Å². The third-order valence-corrected chi connectivity index (χ3v) is 4.25. The van der Waals surface area contributed by atoms with Gasteiger partial charge in [-0.25, -0.2) is 0 Å². The molecule has 10 heteroatoms. The van der Waals surface area contributed by atoms with Gasteiger partial charge in [0.25, 0.3) is 0 Å². The molecule has 3 N–H and O–H groups in total. The van der Waals surface area contributed by atoms with Crippen LogP contribution in [0.4, 0.5) is 17.5 Å². The topological polar surface area (TPSA) is 125 Å². The Kier molecular flexibility index (Phi) is 4.22. The van der Waals surface area contributed by atoms with Crippen molar-refractivity contribution in [1.29, 1.82) is 0 Å². The fraction of sp³-hybridized carbons (Fsp3) is 0.312. The number of nitrogens with one attached hydrogen (secondary N) is 3. The summed E-state index contributed by atoms with van der Waals surface area (Å²) in [7, 11) is 0. The third kappa shape index (κ3) is 3.21. The second-order valence-corrected chi connectivity index (χ2v) is 6.04. The van der Waals surface area contributed by atoms with Gasteiger partial charge in [-0.3, -0.25) is 9.89 Å². The van der Waals surface area contributed by atoms with Crippen molar-refractivity contribution in [3.8, 4) is 0 Å². The zero-order valence-electron chi connectivity index (χ0n) is 14.0. The van der Waals surface area contributed by atoms with E-state index in [0.29, 0.717) is 29.6 Å². The largest absolute Gasteiger partial charge is 0.365 e. The molecule has 4 rings (SSSR count). The summed E-state index contributed by atoms with van der Waals surface area (Å²) < 4.78 is 4.81. The third-order valence-electron chi connectivity index (χ3n) is 4.25. The van der Waals surface area contributed by atoms with Gasteiger partial charge in [-0.05, 0) is 18.9 Å². The molecule has 1 amide bonds. The Bertz CT molecular complexity index is 920. The number of piperidine rings is 1. The highest BCUT2D eigenvalue weighted by Crippen LogP contribution is 2.24. The first-order valence-electron chi connectivity index (χ1n) is 8.28. The number of likely N-dealkylation sites (tertiary alicyclic amines) is 1. The van der Waals surface area contributed by atoms with Crippen molar-refractivity contribution >= 4 is 34.4 Å². The van der Waals surface area contributed by atoms with Crippen molar-refractivity contribution in [2.45, 2.75) is 18.9 Å². The van der Waals surface area contributed by atoms with Gasteiger partial charge in [-0.1, -0.05) is 11.7 Å². The fourth-order valence-corrected chi connectivity index (χ4v) is 3.01. The molecule has 4 heterocycles. The summed E-state index contributed by atoms with van der Waals surface area (Å²) in [5, 5.41) is 17.8. The monoisotopic (exact) mass is 354 g/mol. The number of aromatic nitrogens is 5. The number of carbonyl (C=O) groups excluding carboxylic acids is 1. The first-order chi connectivity index (χ1) is 12.7. The Labute approximate surface area is 148 Å². The number of anilines is 3. The molecule has 0 radical (unpaired) electrons. The minimum absolute atomic E-state index is 0.0533. The molecule has 1 fully saturated rings. The van der Waals surface area contributed by atoms with E-state index in [2.05, 4.69) is 42.5 Å². The zero-order valence-corrected chi connectivity index (χ0v) is 14.0. The van der Waals surface area contributed by atoms with Crippen molar-refractivity contribution in [2.24, 2.45) is 0 Å². The highest BCUT2D eigenvalue weighted by atomic mass is 16.5. The minimum Gasteiger partial charge on any atom is -0.365 e. The quantitative estimate of drug-likeness (QED) is 0.591. The van der Waals surface area contributed by atoms with Crippen molar-refractivity contribution in [3.05, 3.63) is 31.3 Å². The van der Waals surface area contributed by atoms with E-state index in [0.717, 1.165) is 24.8 Å². The molecular formula is C16H18N8O2. The standard InChI is InChI=1S/C16H18N8O2/c1-2-13(25)24-5-3-4-10(8-24)19-14-12-7-17-23-15(12)22-16(21-14)20-11-6-18-26-9-11/h2,6-7,9-10H,1,3-5,8H2,(H3,17,19,20,21,22,23)/t10-/m1/s1. The van der Waals surface area contributed by atoms with Gasteiger partial charge < -0.3 is 20.1 Å². The average molecular weight is 354 g/mol. The fourth-order valence-electron chi connectivity index (χ4n) is 3.01. The van der Waals surface area contributed by atoms with Crippen LogP contribution in [0.1, 0.15) is 12.8 Å². The summed E-state index contributed by atoms with van der Waals surface area (Å²) >= 11 is 0. The molecule has 0 unspecified atom stereocenters. The minimum atomic E-state index is -0.0533. The second-order valence-electron chi connectivity index (χ2n) is 6.04. The summed E-state index contributed by atoms with van der Waals surface area (Å²) in [6, 6.07) is 0.0871. The molecule has 0 aliphatic carbocycles. The number of hydrogen-bond donors (Lipinski definition) is 3. The van der Waals surface area contributed by atoms with Gasteiger partial charge >= 0.3 is 0 Å². The maximum absolute atomic E-state index is 11.9. The number of rotatable bonds is 5. The number of carbonyl (C=O) groups is 1. The van der Waals surface area contributed by atoms with Gasteiger partial charge in [-0.2, -0.15) is 15.1 Å². The Morgan fingerprint density at radius 3 is 3.15 bits per heavy atom. The average Bonchev–Trinajstić information content (AvgIpc) is 3.33. The van der Waals surface area contributed by atoms with Crippen molar-refractivity contribution < 1.29 is 9.32 Å². The maximum atomic E-state index is 11.9.